The molecule has 0 aliphatic carbocycles. The molecule has 0 N–H and O–H groups in total. The van der Waals surface area contributed by atoms with Crippen molar-refractivity contribution < 1.29 is 4.52 Å². The van der Waals surface area contributed by atoms with Crippen LogP contribution in [0, 0.1) is 6.92 Å². The lowest BCUT2D eigenvalue weighted by Gasteiger charge is -1.91. The van der Waals surface area contributed by atoms with Crippen molar-refractivity contribution in [2.24, 2.45) is 0 Å². The quantitative estimate of drug-likeness (QED) is 0.743. The number of hydrogen-bond acceptors (Lipinski definition) is 5. The molecule has 2 heterocycles. The van der Waals surface area contributed by atoms with Crippen LogP contribution >= 0.6 is 22.9 Å². The number of aryl methyl sites for hydroxylation is 1. The fraction of sp³-hybridized carbons (Fsp3) is 0.375. The van der Waals surface area contributed by atoms with Gasteiger partial charge in [0.1, 0.15) is 10.8 Å². The topological polar surface area (TPSA) is 51.8 Å². The van der Waals surface area contributed by atoms with Gasteiger partial charge >= 0.3 is 0 Å². The molecule has 1 atom stereocenters. The smallest absolute Gasteiger partial charge is 0.153 e. The van der Waals surface area contributed by atoms with Gasteiger partial charge in [0, 0.05) is 0 Å². The second kappa shape index (κ2) is 3.67. The monoisotopic (exact) mass is 229 g/mol. The first-order valence-corrected chi connectivity index (χ1v) is 5.33. The van der Waals surface area contributed by atoms with Crippen LogP contribution in [-0.2, 0) is 0 Å². The van der Waals surface area contributed by atoms with Crippen molar-refractivity contribution in [3.8, 4) is 10.6 Å². The lowest BCUT2D eigenvalue weighted by Crippen LogP contribution is -1.80. The molecule has 2 aromatic heterocycles. The van der Waals surface area contributed by atoms with Crippen LogP contribution in [0.25, 0.3) is 10.6 Å². The molecule has 0 amide bonds. The molecule has 0 saturated heterocycles. The molecule has 0 bridgehead atoms. The molecule has 0 aromatic carbocycles. The summed E-state index contributed by atoms with van der Waals surface area (Å²) in [5.41, 5.74) is 0.881. The molecule has 2 aromatic rings. The largest absolute Gasteiger partial charge is 0.361 e. The van der Waals surface area contributed by atoms with Crippen LogP contribution in [0.15, 0.2) is 10.7 Å². The Morgan fingerprint density at radius 2 is 2.29 bits per heavy atom. The zero-order chi connectivity index (χ0) is 10.1. The summed E-state index contributed by atoms with van der Waals surface area (Å²) in [4.78, 5) is 0. The zero-order valence-corrected chi connectivity index (χ0v) is 9.26. The molecule has 0 aliphatic rings. The molecule has 0 saturated carbocycles. The number of halogens is 1. The Morgan fingerprint density at radius 3 is 2.79 bits per heavy atom. The summed E-state index contributed by atoms with van der Waals surface area (Å²) >= 11 is 7.35. The molecule has 4 nitrogen and oxygen atoms in total. The highest BCUT2D eigenvalue weighted by Gasteiger charge is 2.14. The van der Waals surface area contributed by atoms with E-state index in [1.165, 1.54) is 11.3 Å². The van der Waals surface area contributed by atoms with Crippen LogP contribution in [0.2, 0.25) is 0 Å². The van der Waals surface area contributed by atoms with Gasteiger partial charge in [-0.15, -0.1) is 21.8 Å². The van der Waals surface area contributed by atoms with Gasteiger partial charge in [-0.1, -0.05) is 16.5 Å². The molecular formula is C8H8ClN3OS. The van der Waals surface area contributed by atoms with Crippen molar-refractivity contribution in [1.82, 2.24) is 15.4 Å². The van der Waals surface area contributed by atoms with E-state index < -0.39 is 0 Å². The second-order valence-electron chi connectivity index (χ2n) is 2.86. The minimum atomic E-state index is -0.110. The van der Waals surface area contributed by atoms with Crippen molar-refractivity contribution in [3.63, 3.8) is 0 Å². The summed E-state index contributed by atoms with van der Waals surface area (Å²) in [5, 5.41) is 13.2. The van der Waals surface area contributed by atoms with Crippen molar-refractivity contribution in [2.75, 3.05) is 0 Å². The minimum absolute atomic E-state index is 0.110. The first-order chi connectivity index (χ1) is 6.68. The van der Waals surface area contributed by atoms with Gasteiger partial charge in [-0.25, -0.2) is 0 Å². The molecule has 0 aliphatic heterocycles. The van der Waals surface area contributed by atoms with Gasteiger partial charge in [0.2, 0.25) is 0 Å². The van der Waals surface area contributed by atoms with Gasteiger partial charge in [-0.05, 0) is 13.8 Å². The van der Waals surface area contributed by atoms with E-state index in [2.05, 4.69) is 15.4 Å². The van der Waals surface area contributed by atoms with Crippen LogP contribution in [0.5, 0.6) is 0 Å². The Labute approximate surface area is 89.9 Å². The third-order valence-corrected chi connectivity index (χ3v) is 3.24. The van der Waals surface area contributed by atoms with Gasteiger partial charge in [-0.2, -0.15) is 0 Å². The van der Waals surface area contributed by atoms with E-state index >= 15 is 0 Å². The highest BCUT2D eigenvalue weighted by atomic mass is 35.5. The fourth-order valence-electron chi connectivity index (χ4n) is 1.01. The number of rotatable bonds is 2. The molecule has 0 fully saturated rings. The number of alkyl halides is 1. The Balaban J connectivity index is 2.39. The van der Waals surface area contributed by atoms with Crippen molar-refractivity contribution >= 4 is 22.9 Å². The lowest BCUT2D eigenvalue weighted by molar-refractivity contribution is 0.398. The summed E-state index contributed by atoms with van der Waals surface area (Å²) in [5.74, 6) is 0.745. The molecule has 0 radical (unpaired) electrons. The molecule has 0 spiro atoms. The Kier molecular flexibility index (Phi) is 2.52. The first kappa shape index (κ1) is 9.61. The predicted molar refractivity (Wildman–Crippen MR) is 54.4 cm³/mol. The van der Waals surface area contributed by atoms with E-state index in [1.54, 1.807) is 6.20 Å². The maximum atomic E-state index is 5.89. The number of nitrogens with zero attached hydrogens (tertiary/aromatic N) is 3. The molecule has 2 rings (SSSR count). The number of hydrogen-bond donors (Lipinski definition) is 0. The lowest BCUT2D eigenvalue weighted by atomic mass is 10.3. The van der Waals surface area contributed by atoms with Crippen LogP contribution in [0.3, 0.4) is 0 Å². The van der Waals surface area contributed by atoms with E-state index in [0.717, 1.165) is 21.3 Å². The standard InChI is InChI=1S/C8H8ClN3OS/c1-4(9)7-11-12-8(14-7)6-3-10-13-5(6)2/h3-4H,1-2H3. The minimum Gasteiger partial charge on any atom is -0.361 e. The summed E-state index contributed by atoms with van der Waals surface area (Å²) in [6.45, 7) is 3.71. The van der Waals surface area contributed by atoms with E-state index in [0.29, 0.717) is 0 Å². The van der Waals surface area contributed by atoms with E-state index in [4.69, 9.17) is 16.1 Å². The Bertz CT molecular complexity index is 437. The molecule has 6 heteroatoms. The Hall–Kier alpha value is -0.940. The zero-order valence-electron chi connectivity index (χ0n) is 7.69. The molecule has 14 heavy (non-hydrogen) atoms. The predicted octanol–water partition coefficient (Wildman–Crippen LogP) is 2.80. The average Bonchev–Trinajstić information content (AvgIpc) is 2.71. The second-order valence-corrected chi connectivity index (χ2v) is 4.52. The normalized spacial score (nSPS) is 13.1. The highest BCUT2D eigenvalue weighted by molar-refractivity contribution is 7.15. The Morgan fingerprint density at radius 1 is 1.50 bits per heavy atom. The van der Waals surface area contributed by atoms with Crippen molar-refractivity contribution in [3.05, 3.63) is 17.0 Å². The maximum absolute atomic E-state index is 5.89. The third kappa shape index (κ3) is 1.65. The van der Waals surface area contributed by atoms with Crippen LogP contribution in [0.1, 0.15) is 23.1 Å². The SMILES string of the molecule is Cc1oncc1-c1nnc(C(C)Cl)s1. The third-order valence-electron chi connectivity index (χ3n) is 1.76. The van der Waals surface area contributed by atoms with Crippen molar-refractivity contribution in [1.29, 1.82) is 0 Å². The van der Waals surface area contributed by atoms with E-state index in [-0.39, 0.29) is 5.38 Å². The van der Waals surface area contributed by atoms with E-state index in [9.17, 15) is 0 Å². The summed E-state index contributed by atoms with van der Waals surface area (Å²) < 4.78 is 4.94. The number of aromatic nitrogens is 3. The average molecular weight is 230 g/mol. The van der Waals surface area contributed by atoms with Crippen LogP contribution in [-0.4, -0.2) is 15.4 Å². The van der Waals surface area contributed by atoms with Crippen molar-refractivity contribution in [2.45, 2.75) is 19.2 Å². The van der Waals surface area contributed by atoms with Gasteiger partial charge in [0.25, 0.3) is 0 Å². The highest BCUT2D eigenvalue weighted by Crippen LogP contribution is 2.30. The molecule has 74 valence electrons. The summed E-state index contributed by atoms with van der Waals surface area (Å²) in [7, 11) is 0. The maximum Gasteiger partial charge on any atom is 0.153 e. The van der Waals surface area contributed by atoms with Crippen LogP contribution in [0.4, 0.5) is 0 Å². The van der Waals surface area contributed by atoms with Gasteiger partial charge in [0.05, 0.1) is 17.1 Å². The van der Waals surface area contributed by atoms with Gasteiger partial charge in [0.15, 0.2) is 5.01 Å². The van der Waals surface area contributed by atoms with Crippen LogP contribution < -0.4 is 0 Å². The molecule has 1 unspecified atom stereocenters. The fourth-order valence-corrected chi connectivity index (χ4v) is 2.02. The summed E-state index contributed by atoms with van der Waals surface area (Å²) in [6, 6.07) is 0. The molecular weight excluding hydrogens is 222 g/mol. The van der Waals surface area contributed by atoms with Gasteiger partial charge in [-0.3, -0.25) is 0 Å². The van der Waals surface area contributed by atoms with Gasteiger partial charge < -0.3 is 4.52 Å². The summed E-state index contributed by atoms with van der Waals surface area (Å²) in [6.07, 6.45) is 1.64. The first-order valence-electron chi connectivity index (χ1n) is 4.07. The van der Waals surface area contributed by atoms with E-state index in [1.807, 2.05) is 13.8 Å².